The molecule has 2 rings (SSSR count). The summed E-state index contributed by atoms with van der Waals surface area (Å²) in [5.41, 5.74) is 2.53. The summed E-state index contributed by atoms with van der Waals surface area (Å²) in [6.07, 6.45) is 0. The molecule has 0 unspecified atom stereocenters. The summed E-state index contributed by atoms with van der Waals surface area (Å²) in [6.45, 7) is 6.43. The maximum atomic E-state index is 12.0. The van der Waals surface area contributed by atoms with E-state index in [1.54, 1.807) is 23.5 Å². The molecule has 0 aliphatic heterocycles. The van der Waals surface area contributed by atoms with E-state index in [0.29, 0.717) is 16.8 Å². The lowest BCUT2D eigenvalue weighted by Gasteiger charge is -2.05. The fraction of sp³-hybridized carbons (Fsp3) is 0.438. The van der Waals surface area contributed by atoms with Crippen molar-refractivity contribution in [3.8, 4) is 0 Å². The second-order valence-corrected chi connectivity index (χ2v) is 8.78. The van der Waals surface area contributed by atoms with Crippen LogP contribution in [0.15, 0.2) is 28.6 Å². The SMILES string of the molecule is Cc1ccccc1CSCC(=O)Nc1nnc(SCC(C)C)s1. The lowest BCUT2D eigenvalue weighted by molar-refractivity contribution is -0.113. The van der Waals surface area contributed by atoms with E-state index < -0.39 is 0 Å². The Bertz CT molecular complexity index is 643. The van der Waals surface area contributed by atoms with E-state index >= 15 is 0 Å². The smallest absolute Gasteiger partial charge is 0.236 e. The van der Waals surface area contributed by atoms with Crippen molar-refractivity contribution >= 4 is 45.9 Å². The van der Waals surface area contributed by atoms with Gasteiger partial charge in [-0.15, -0.1) is 22.0 Å². The van der Waals surface area contributed by atoms with E-state index in [1.807, 2.05) is 12.1 Å². The van der Waals surface area contributed by atoms with Gasteiger partial charge in [-0.2, -0.15) is 0 Å². The summed E-state index contributed by atoms with van der Waals surface area (Å²) in [5, 5.41) is 11.5. The Kier molecular flexibility index (Phi) is 7.39. The van der Waals surface area contributed by atoms with Crippen molar-refractivity contribution in [3.63, 3.8) is 0 Å². The molecule has 1 heterocycles. The zero-order valence-corrected chi connectivity index (χ0v) is 16.0. The van der Waals surface area contributed by atoms with E-state index in [-0.39, 0.29) is 5.91 Å². The number of benzene rings is 1. The molecule has 1 aromatic carbocycles. The van der Waals surface area contributed by atoms with Crippen LogP contribution in [0, 0.1) is 12.8 Å². The van der Waals surface area contributed by atoms with Gasteiger partial charge in [-0.05, 0) is 24.0 Å². The molecule has 4 nitrogen and oxygen atoms in total. The van der Waals surface area contributed by atoms with Crippen molar-refractivity contribution in [3.05, 3.63) is 35.4 Å². The standard InChI is InChI=1S/C16H21N3OS3/c1-11(2)8-22-16-19-18-15(23-16)17-14(20)10-21-9-13-7-5-4-6-12(13)3/h4-7,11H,8-10H2,1-3H3,(H,17,18,20). The van der Waals surface area contributed by atoms with E-state index in [1.165, 1.54) is 22.5 Å². The second-order valence-electron chi connectivity index (χ2n) is 5.55. The molecular weight excluding hydrogens is 346 g/mol. The third kappa shape index (κ3) is 6.53. The molecule has 0 saturated carbocycles. The summed E-state index contributed by atoms with van der Waals surface area (Å²) in [4.78, 5) is 12.0. The van der Waals surface area contributed by atoms with Crippen molar-refractivity contribution in [2.45, 2.75) is 30.9 Å². The largest absolute Gasteiger partial charge is 0.300 e. The third-order valence-corrected chi connectivity index (χ3v) is 6.33. The van der Waals surface area contributed by atoms with Crippen molar-refractivity contribution in [1.82, 2.24) is 10.2 Å². The molecule has 0 aliphatic carbocycles. The van der Waals surface area contributed by atoms with Crippen LogP contribution in [0.25, 0.3) is 0 Å². The van der Waals surface area contributed by atoms with Crippen LogP contribution in [0.1, 0.15) is 25.0 Å². The summed E-state index contributed by atoms with van der Waals surface area (Å²) in [6, 6.07) is 8.25. The minimum atomic E-state index is -0.0276. The Balaban J connectivity index is 1.73. The Morgan fingerprint density at radius 2 is 2.09 bits per heavy atom. The van der Waals surface area contributed by atoms with Crippen molar-refractivity contribution in [2.24, 2.45) is 5.92 Å². The highest BCUT2D eigenvalue weighted by atomic mass is 32.2. The Labute approximate surface area is 149 Å². The molecule has 2 aromatic rings. The molecule has 1 N–H and O–H groups in total. The molecule has 0 aliphatic rings. The van der Waals surface area contributed by atoms with Gasteiger partial charge in [0.1, 0.15) is 0 Å². The van der Waals surface area contributed by atoms with Gasteiger partial charge in [0.25, 0.3) is 0 Å². The monoisotopic (exact) mass is 367 g/mol. The Hall–Kier alpha value is -1.05. The zero-order valence-electron chi connectivity index (χ0n) is 13.5. The van der Waals surface area contributed by atoms with E-state index in [0.717, 1.165) is 15.8 Å². The number of amides is 1. The minimum Gasteiger partial charge on any atom is -0.300 e. The summed E-state index contributed by atoms with van der Waals surface area (Å²) in [7, 11) is 0. The number of anilines is 1. The highest BCUT2D eigenvalue weighted by Gasteiger charge is 2.09. The molecule has 124 valence electrons. The first-order chi connectivity index (χ1) is 11.0. The van der Waals surface area contributed by atoms with Crippen LogP contribution in [0.3, 0.4) is 0 Å². The molecule has 0 bridgehead atoms. The van der Waals surface area contributed by atoms with Gasteiger partial charge in [0.05, 0.1) is 5.75 Å². The van der Waals surface area contributed by atoms with Gasteiger partial charge < -0.3 is 0 Å². The first-order valence-corrected chi connectivity index (χ1v) is 10.4. The van der Waals surface area contributed by atoms with Gasteiger partial charge in [0.15, 0.2) is 4.34 Å². The van der Waals surface area contributed by atoms with Crippen molar-refractivity contribution < 1.29 is 4.79 Å². The number of thioether (sulfide) groups is 2. The number of aromatic nitrogens is 2. The molecule has 7 heteroatoms. The Morgan fingerprint density at radius 1 is 1.30 bits per heavy atom. The van der Waals surface area contributed by atoms with Gasteiger partial charge in [-0.25, -0.2) is 0 Å². The van der Waals surface area contributed by atoms with Crippen LogP contribution in [0.2, 0.25) is 0 Å². The number of hydrogen-bond acceptors (Lipinski definition) is 6. The van der Waals surface area contributed by atoms with Gasteiger partial charge in [-0.3, -0.25) is 10.1 Å². The molecule has 0 fully saturated rings. The van der Waals surface area contributed by atoms with Crippen molar-refractivity contribution in [2.75, 3.05) is 16.8 Å². The molecule has 1 aromatic heterocycles. The van der Waals surface area contributed by atoms with Gasteiger partial charge in [0.2, 0.25) is 11.0 Å². The topological polar surface area (TPSA) is 54.9 Å². The van der Waals surface area contributed by atoms with E-state index in [4.69, 9.17) is 0 Å². The highest BCUT2D eigenvalue weighted by molar-refractivity contribution is 8.01. The molecular formula is C16H21N3OS3. The summed E-state index contributed by atoms with van der Waals surface area (Å²) >= 11 is 4.72. The number of nitrogens with zero attached hydrogens (tertiary/aromatic N) is 2. The number of rotatable bonds is 8. The zero-order chi connectivity index (χ0) is 16.7. The number of carbonyl (C=O) groups is 1. The van der Waals surface area contributed by atoms with Crippen LogP contribution in [-0.2, 0) is 10.5 Å². The Morgan fingerprint density at radius 3 is 2.83 bits per heavy atom. The fourth-order valence-electron chi connectivity index (χ4n) is 1.74. The molecule has 23 heavy (non-hydrogen) atoms. The maximum absolute atomic E-state index is 12.0. The minimum absolute atomic E-state index is 0.0276. The second kappa shape index (κ2) is 9.30. The van der Waals surface area contributed by atoms with Crippen LogP contribution in [0.4, 0.5) is 5.13 Å². The number of hydrogen-bond donors (Lipinski definition) is 1. The lowest BCUT2D eigenvalue weighted by Crippen LogP contribution is -2.14. The molecule has 0 saturated heterocycles. The lowest BCUT2D eigenvalue weighted by atomic mass is 10.1. The van der Waals surface area contributed by atoms with Gasteiger partial charge in [0, 0.05) is 11.5 Å². The third-order valence-electron chi connectivity index (χ3n) is 2.94. The van der Waals surface area contributed by atoms with E-state index in [2.05, 4.69) is 48.4 Å². The maximum Gasteiger partial charge on any atom is 0.236 e. The van der Waals surface area contributed by atoms with Crippen LogP contribution >= 0.6 is 34.9 Å². The number of carbonyl (C=O) groups excluding carboxylic acids is 1. The molecule has 1 amide bonds. The number of nitrogens with one attached hydrogen (secondary N) is 1. The molecule has 0 spiro atoms. The first kappa shape index (κ1) is 18.3. The van der Waals surface area contributed by atoms with Gasteiger partial charge >= 0.3 is 0 Å². The first-order valence-electron chi connectivity index (χ1n) is 7.43. The van der Waals surface area contributed by atoms with Crippen molar-refractivity contribution in [1.29, 1.82) is 0 Å². The predicted octanol–water partition coefficient (Wildman–Crippen LogP) is 4.47. The average Bonchev–Trinajstić information content (AvgIpc) is 2.94. The van der Waals surface area contributed by atoms with Gasteiger partial charge in [-0.1, -0.05) is 61.2 Å². The highest BCUT2D eigenvalue weighted by Crippen LogP contribution is 2.27. The quantitative estimate of drug-likeness (QED) is 0.551. The summed E-state index contributed by atoms with van der Waals surface area (Å²) in [5.74, 6) is 2.85. The summed E-state index contributed by atoms with van der Waals surface area (Å²) < 4.78 is 0.904. The van der Waals surface area contributed by atoms with Crippen LogP contribution in [-0.4, -0.2) is 27.6 Å². The normalized spacial score (nSPS) is 11.0. The fourth-order valence-corrected chi connectivity index (χ4v) is 4.39. The van der Waals surface area contributed by atoms with E-state index in [9.17, 15) is 4.79 Å². The average molecular weight is 368 g/mol. The molecule has 0 radical (unpaired) electrons. The van der Waals surface area contributed by atoms with Crippen LogP contribution in [0.5, 0.6) is 0 Å². The molecule has 0 atom stereocenters. The predicted molar refractivity (Wildman–Crippen MR) is 101 cm³/mol. The van der Waals surface area contributed by atoms with Crippen LogP contribution < -0.4 is 5.32 Å². The number of aryl methyl sites for hydroxylation is 1.